The Bertz CT molecular complexity index is 422. The molecule has 5 nitrogen and oxygen atoms in total. The Kier molecular flexibility index (Phi) is 4.28. The summed E-state index contributed by atoms with van der Waals surface area (Å²) < 4.78 is 0. The summed E-state index contributed by atoms with van der Waals surface area (Å²) in [4.78, 5) is 10.6. The average Bonchev–Trinajstić information content (AvgIpc) is 2.84. The fourth-order valence-electron chi connectivity index (χ4n) is 2.67. The number of hydrogen-bond acceptors (Lipinski definition) is 4. The number of rotatable bonds is 5. The van der Waals surface area contributed by atoms with Crippen LogP contribution in [0.15, 0.2) is 24.3 Å². The first-order chi connectivity index (χ1) is 8.72. The van der Waals surface area contributed by atoms with Crippen molar-refractivity contribution >= 4 is 5.69 Å². The van der Waals surface area contributed by atoms with E-state index >= 15 is 0 Å². The van der Waals surface area contributed by atoms with Crippen molar-refractivity contribution in [3.63, 3.8) is 0 Å². The maximum atomic E-state index is 10.9. The van der Waals surface area contributed by atoms with Crippen LogP contribution in [0.25, 0.3) is 0 Å². The second kappa shape index (κ2) is 5.93. The minimum atomic E-state index is -0.327. The van der Waals surface area contributed by atoms with Gasteiger partial charge in [0.15, 0.2) is 0 Å². The lowest BCUT2D eigenvalue weighted by molar-refractivity contribution is -0.385. The van der Waals surface area contributed by atoms with Gasteiger partial charge in [-0.15, -0.1) is 0 Å². The number of nitro benzene ring substituents is 1. The summed E-state index contributed by atoms with van der Waals surface area (Å²) in [5.41, 5.74) is 6.65. The highest BCUT2D eigenvalue weighted by Crippen LogP contribution is 2.25. The fourth-order valence-corrected chi connectivity index (χ4v) is 2.67. The maximum Gasteiger partial charge on any atom is 0.273 e. The average molecular weight is 249 g/mol. The van der Waals surface area contributed by atoms with Gasteiger partial charge in [-0.3, -0.25) is 10.1 Å². The summed E-state index contributed by atoms with van der Waals surface area (Å²) in [5.74, 6) is 0.507. The number of nitrogens with one attached hydrogen (secondary N) is 1. The lowest BCUT2D eigenvalue weighted by Crippen LogP contribution is -2.35. The van der Waals surface area contributed by atoms with Crippen molar-refractivity contribution in [2.24, 2.45) is 11.7 Å². The van der Waals surface area contributed by atoms with Crippen LogP contribution in [0.4, 0.5) is 5.69 Å². The Labute approximate surface area is 107 Å². The van der Waals surface area contributed by atoms with Crippen molar-refractivity contribution in [2.45, 2.75) is 31.8 Å². The number of nitrogens with zero attached hydrogens (tertiary/aromatic N) is 1. The topological polar surface area (TPSA) is 81.2 Å². The number of para-hydroxylation sites is 1. The molecular formula is C13H19N3O2. The summed E-state index contributed by atoms with van der Waals surface area (Å²) in [5, 5.41) is 14.3. The van der Waals surface area contributed by atoms with Crippen molar-refractivity contribution in [1.29, 1.82) is 0 Å². The quantitative estimate of drug-likeness (QED) is 0.616. The number of nitro groups is 1. The number of nitrogens with two attached hydrogens (primary N) is 1. The van der Waals surface area contributed by atoms with Crippen LogP contribution in [0.3, 0.4) is 0 Å². The molecule has 0 aliphatic heterocycles. The van der Waals surface area contributed by atoms with Crippen molar-refractivity contribution in [2.75, 3.05) is 6.54 Å². The summed E-state index contributed by atoms with van der Waals surface area (Å²) in [6.07, 6.45) is 3.46. The van der Waals surface area contributed by atoms with E-state index in [1.165, 1.54) is 6.42 Å². The molecule has 98 valence electrons. The first-order valence-electron chi connectivity index (χ1n) is 6.38. The SMILES string of the molecule is NCC1CCCC1NCc1ccccc1[N+](=O)[O-]. The van der Waals surface area contributed by atoms with E-state index in [9.17, 15) is 10.1 Å². The molecule has 1 aromatic rings. The van der Waals surface area contributed by atoms with Crippen molar-refractivity contribution in [3.8, 4) is 0 Å². The van der Waals surface area contributed by atoms with Gasteiger partial charge in [0.05, 0.1) is 4.92 Å². The van der Waals surface area contributed by atoms with Gasteiger partial charge in [0.1, 0.15) is 0 Å². The van der Waals surface area contributed by atoms with E-state index in [2.05, 4.69) is 5.32 Å². The van der Waals surface area contributed by atoms with E-state index in [1.54, 1.807) is 18.2 Å². The van der Waals surface area contributed by atoms with Gasteiger partial charge in [0.25, 0.3) is 5.69 Å². The molecule has 1 aromatic carbocycles. The minimum absolute atomic E-state index is 0.187. The van der Waals surface area contributed by atoms with E-state index < -0.39 is 0 Å². The molecular weight excluding hydrogens is 230 g/mol. The molecule has 18 heavy (non-hydrogen) atoms. The third-order valence-corrected chi connectivity index (χ3v) is 3.70. The Morgan fingerprint density at radius 3 is 2.89 bits per heavy atom. The predicted octanol–water partition coefficient (Wildman–Crippen LogP) is 1.81. The van der Waals surface area contributed by atoms with Crippen molar-refractivity contribution < 1.29 is 4.92 Å². The van der Waals surface area contributed by atoms with Crippen molar-refractivity contribution in [3.05, 3.63) is 39.9 Å². The predicted molar refractivity (Wildman–Crippen MR) is 70.1 cm³/mol. The van der Waals surface area contributed by atoms with Gasteiger partial charge in [-0.2, -0.15) is 0 Å². The number of hydrogen-bond donors (Lipinski definition) is 2. The lowest BCUT2D eigenvalue weighted by Gasteiger charge is -2.19. The summed E-state index contributed by atoms with van der Waals surface area (Å²) in [7, 11) is 0. The second-order valence-electron chi connectivity index (χ2n) is 4.80. The van der Waals surface area contributed by atoms with Crippen LogP contribution in [0, 0.1) is 16.0 Å². The van der Waals surface area contributed by atoms with Gasteiger partial charge in [-0.05, 0) is 25.3 Å². The van der Waals surface area contributed by atoms with Crippen LogP contribution in [-0.2, 0) is 6.54 Å². The monoisotopic (exact) mass is 249 g/mol. The molecule has 1 aliphatic rings. The normalized spacial score (nSPS) is 23.2. The lowest BCUT2D eigenvalue weighted by atomic mass is 10.0. The standard InChI is InChI=1S/C13H19N3O2/c14-8-10-5-3-6-12(10)15-9-11-4-1-2-7-13(11)16(17)18/h1-2,4,7,10,12,15H,3,5-6,8-9,14H2. The highest BCUT2D eigenvalue weighted by Gasteiger charge is 2.26. The van der Waals surface area contributed by atoms with E-state index in [4.69, 9.17) is 5.73 Å². The van der Waals surface area contributed by atoms with Gasteiger partial charge >= 0.3 is 0 Å². The molecule has 0 saturated heterocycles. The van der Waals surface area contributed by atoms with Gasteiger partial charge in [-0.1, -0.05) is 24.6 Å². The van der Waals surface area contributed by atoms with E-state index in [-0.39, 0.29) is 10.6 Å². The molecule has 3 N–H and O–H groups in total. The zero-order valence-corrected chi connectivity index (χ0v) is 10.3. The third kappa shape index (κ3) is 2.86. The Morgan fingerprint density at radius 1 is 1.39 bits per heavy atom. The molecule has 2 unspecified atom stereocenters. The maximum absolute atomic E-state index is 10.9. The molecule has 0 amide bonds. The van der Waals surface area contributed by atoms with Gasteiger partial charge in [0, 0.05) is 24.2 Å². The van der Waals surface area contributed by atoms with Crippen LogP contribution in [0.5, 0.6) is 0 Å². The smallest absolute Gasteiger partial charge is 0.273 e. The molecule has 0 bridgehead atoms. The van der Waals surface area contributed by atoms with E-state index in [1.807, 2.05) is 6.07 Å². The molecule has 1 saturated carbocycles. The van der Waals surface area contributed by atoms with Gasteiger partial charge < -0.3 is 11.1 Å². The zero-order valence-electron chi connectivity index (χ0n) is 10.3. The molecule has 2 rings (SSSR count). The highest BCUT2D eigenvalue weighted by molar-refractivity contribution is 5.39. The zero-order chi connectivity index (χ0) is 13.0. The molecule has 0 aromatic heterocycles. The van der Waals surface area contributed by atoms with Crippen LogP contribution in [-0.4, -0.2) is 17.5 Å². The van der Waals surface area contributed by atoms with E-state index in [0.29, 0.717) is 25.0 Å². The Morgan fingerprint density at radius 2 is 2.17 bits per heavy atom. The van der Waals surface area contributed by atoms with Crippen LogP contribution in [0.2, 0.25) is 0 Å². The highest BCUT2D eigenvalue weighted by atomic mass is 16.6. The molecule has 1 fully saturated rings. The molecule has 1 aliphatic carbocycles. The van der Waals surface area contributed by atoms with Crippen LogP contribution >= 0.6 is 0 Å². The molecule has 0 radical (unpaired) electrons. The van der Waals surface area contributed by atoms with E-state index in [0.717, 1.165) is 18.4 Å². The summed E-state index contributed by atoms with van der Waals surface area (Å²) in [6.45, 7) is 1.23. The van der Waals surface area contributed by atoms with Crippen molar-refractivity contribution in [1.82, 2.24) is 5.32 Å². The first-order valence-corrected chi connectivity index (χ1v) is 6.38. The van der Waals surface area contributed by atoms with Crippen LogP contribution < -0.4 is 11.1 Å². The minimum Gasteiger partial charge on any atom is -0.330 e. The van der Waals surface area contributed by atoms with Gasteiger partial charge in [0.2, 0.25) is 0 Å². The first kappa shape index (κ1) is 13.0. The fraction of sp³-hybridized carbons (Fsp3) is 0.538. The molecule has 0 spiro atoms. The largest absolute Gasteiger partial charge is 0.330 e. The molecule has 2 atom stereocenters. The Hall–Kier alpha value is -1.46. The van der Waals surface area contributed by atoms with Crippen LogP contribution in [0.1, 0.15) is 24.8 Å². The summed E-state index contributed by atoms with van der Waals surface area (Å²) in [6, 6.07) is 7.28. The second-order valence-corrected chi connectivity index (χ2v) is 4.80. The molecule has 0 heterocycles. The summed E-state index contributed by atoms with van der Waals surface area (Å²) >= 11 is 0. The number of benzene rings is 1. The Balaban J connectivity index is 2.00. The molecule has 5 heteroatoms. The third-order valence-electron chi connectivity index (χ3n) is 3.70. The van der Waals surface area contributed by atoms with Gasteiger partial charge in [-0.25, -0.2) is 0 Å².